The van der Waals surface area contributed by atoms with Gasteiger partial charge in [0.15, 0.2) is 0 Å². The Morgan fingerprint density at radius 1 is 1.43 bits per heavy atom. The summed E-state index contributed by atoms with van der Waals surface area (Å²) in [7, 11) is 0. The number of rotatable bonds is 3. The van der Waals surface area contributed by atoms with Crippen LogP contribution in [0.4, 0.5) is 0 Å². The molecule has 2 aliphatic rings. The number of aryl methyl sites for hydroxylation is 1. The first-order chi connectivity index (χ1) is 11.0. The number of amides is 1. The van der Waals surface area contributed by atoms with Crippen LogP contribution in [-0.4, -0.2) is 57.4 Å². The summed E-state index contributed by atoms with van der Waals surface area (Å²) in [5.74, 6) is -0.0214. The van der Waals surface area contributed by atoms with Crippen molar-refractivity contribution in [2.75, 3.05) is 19.8 Å². The maximum atomic E-state index is 12.6. The Labute approximate surface area is 132 Å². The van der Waals surface area contributed by atoms with Gasteiger partial charge in [-0.15, -0.1) is 0 Å². The first-order valence-corrected chi connectivity index (χ1v) is 7.82. The van der Waals surface area contributed by atoms with Gasteiger partial charge < -0.3 is 14.7 Å². The van der Waals surface area contributed by atoms with Gasteiger partial charge in [0.05, 0.1) is 18.8 Å². The van der Waals surface area contributed by atoms with E-state index in [1.165, 1.54) is 10.8 Å². The number of carbonyl (C=O) groups excluding carboxylic acids is 1. The minimum absolute atomic E-state index is 0.0427. The zero-order chi connectivity index (χ0) is 16.6. The third-order valence-electron chi connectivity index (χ3n) is 4.71. The molecule has 2 fully saturated rings. The lowest BCUT2D eigenvalue weighted by Gasteiger charge is -2.37. The zero-order valence-corrected chi connectivity index (χ0v) is 13.0. The van der Waals surface area contributed by atoms with Gasteiger partial charge >= 0.3 is 5.69 Å². The van der Waals surface area contributed by atoms with E-state index in [4.69, 9.17) is 4.74 Å². The number of hydrogen-bond donors (Lipinski definition) is 2. The molecule has 1 saturated heterocycles. The van der Waals surface area contributed by atoms with Crippen molar-refractivity contribution in [2.45, 2.75) is 38.5 Å². The normalized spacial score (nSPS) is 27.0. The number of nitrogens with zero attached hydrogens (tertiary/aromatic N) is 2. The van der Waals surface area contributed by atoms with Gasteiger partial charge in [0.25, 0.3) is 5.56 Å². The quantitative estimate of drug-likeness (QED) is 0.730. The molecule has 3 rings (SSSR count). The molecule has 1 aliphatic heterocycles. The lowest BCUT2D eigenvalue weighted by atomic mass is 10.1. The fourth-order valence-corrected chi connectivity index (χ4v) is 3.48. The molecule has 1 saturated carbocycles. The number of H-pyrrole nitrogens is 1. The largest absolute Gasteiger partial charge is 0.396 e. The summed E-state index contributed by atoms with van der Waals surface area (Å²) in [6.07, 6.45) is 2.83. The van der Waals surface area contributed by atoms with Gasteiger partial charge in [-0.3, -0.25) is 19.1 Å². The third kappa shape index (κ3) is 3.09. The van der Waals surface area contributed by atoms with Crippen molar-refractivity contribution in [1.29, 1.82) is 0 Å². The molecule has 0 bridgehead atoms. The van der Waals surface area contributed by atoms with E-state index in [-0.39, 0.29) is 37.1 Å². The second-order valence-electron chi connectivity index (χ2n) is 6.28. The van der Waals surface area contributed by atoms with Crippen LogP contribution in [-0.2, 0) is 16.1 Å². The Hall–Kier alpha value is -1.93. The average molecular weight is 323 g/mol. The van der Waals surface area contributed by atoms with E-state index < -0.39 is 11.2 Å². The third-order valence-corrected chi connectivity index (χ3v) is 4.71. The van der Waals surface area contributed by atoms with Crippen LogP contribution in [0.2, 0.25) is 0 Å². The van der Waals surface area contributed by atoms with Crippen molar-refractivity contribution >= 4 is 5.91 Å². The number of morpholine rings is 1. The van der Waals surface area contributed by atoms with Crippen molar-refractivity contribution in [3.8, 4) is 0 Å². The fourth-order valence-electron chi connectivity index (χ4n) is 3.48. The highest BCUT2D eigenvalue weighted by Crippen LogP contribution is 2.34. The van der Waals surface area contributed by atoms with Gasteiger partial charge in [0.1, 0.15) is 6.54 Å². The van der Waals surface area contributed by atoms with Crippen molar-refractivity contribution < 1.29 is 14.6 Å². The molecule has 0 radical (unpaired) electrons. The lowest BCUT2D eigenvalue weighted by molar-refractivity contribution is -0.144. The maximum absolute atomic E-state index is 12.6. The van der Waals surface area contributed by atoms with Crippen molar-refractivity contribution in [1.82, 2.24) is 14.5 Å². The molecule has 0 spiro atoms. The molecule has 2 heterocycles. The molecule has 8 nitrogen and oxygen atoms in total. The minimum Gasteiger partial charge on any atom is -0.396 e. The standard InChI is InChI=1S/C15H21N3O5/c1-9-6-17(15(22)16-14(9)21)7-13(20)18-2-3-23-12-5-10(8-19)4-11(12)18/h6,10-12,19H,2-5,7-8H2,1H3,(H,16,21,22)/t10-,11+,12+/m1/s1. The summed E-state index contributed by atoms with van der Waals surface area (Å²) in [4.78, 5) is 39.8. The van der Waals surface area contributed by atoms with Crippen LogP contribution in [0.5, 0.6) is 0 Å². The smallest absolute Gasteiger partial charge is 0.328 e. The molecule has 1 aliphatic carbocycles. The highest BCUT2D eigenvalue weighted by Gasteiger charge is 2.42. The molecule has 2 N–H and O–H groups in total. The van der Waals surface area contributed by atoms with Crippen LogP contribution in [0.25, 0.3) is 0 Å². The van der Waals surface area contributed by atoms with Crippen LogP contribution in [0, 0.1) is 12.8 Å². The van der Waals surface area contributed by atoms with Gasteiger partial charge in [-0.1, -0.05) is 0 Å². The Kier molecular flexibility index (Phi) is 4.36. The molecule has 0 unspecified atom stereocenters. The molecule has 23 heavy (non-hydrogen) atoms. The molecule has 1 aromatic rings. The average Bonchev–Trinajstić information content (AvgIpc) is 2.95. The topological polar surface area (TPSA) is 105 Å². The molecular weight excluding hydrogens is 302 g/mol. The van der Waals surface area contributed by atoms with E-state index in [1.807, 2.05) is 0 Å². The number of aromatic nitrogens is 2. The summed E-state index contributed by atoms with van der Waals surface area (Å²) >= 11 is 0. The maximum Gasteiger partial charge on any atom is 0.328 e. The van der Waals surface area contributed by atoms with Gasteiger partial charge in [-0.2, -0.15) is 0 Å². The monoisotopic (exact) mass is 323 g/mol. The highest BCUT2D eigenvalue weighted by molar-refractivity contribution is 5.76. The second-order valence-corrected chi connectivity index (χ2v) is 6.28. The van der Waals surface area contributed by atoms with Crippen LogP contribution in [0.3, 0.4) is 0 Å². The molecule has 0 aromatic carbocycles. The molecule has 1 amide bonds. The second kappa shape index (κ2) is 6.29. The van der Waals surface area contributed by atoms with E-state index in [0.717, 1.165) is 6.42 Å². The van der Waals surface area contributed by atoms with Crippen LogP contribution in [0.15, 0.2) is 15.8 Å². The van der Waals surface area contributed by atoms with Gasteiger partial charge in [0, 0.05) is 24.9 Å². The Morgan fingerprint density at radius 2 is 2.22 bits per heavy atom. The predicted octanol–water partition coefficient (Wildman–Crippen LogP) is -1.16. The number of fused-ring (bicyclic) bond motifs is 1. The van der Waals surface area contributed by atoms with Crippen molar-refractivity contribution in [3.63, 3.8) is 0 Å². The van der Waals surface area contributed by atoms with Crippen LogP contribution < -0.4 is 11.2 Å². The highest BCUT2D eigenvalue weighted by atomic mass is 16.5. The van der Waals surface area contributed by atoms with E-state index in [0.29, 0.717) is 25.1 Å². The number of nitrogens with one attached hydrogen (secondary N) is 1. The fraction of sp³-hybridized carbons (Fsp3) is 0.667. The number of aromatic amines is 1. The van der Waals surface area contributed by atoms with E-state index in [1.54, 1.807) is 11.8 Å². The summed E-state index contributed by atoms with van der Waals surface area (Å²) in [5.41, 5.74) is -0.636. The number of aliphatic hydroxyl groups is 1. The Morgan fingerprint density at radius 3 is 2.96 bits per heavy atom. The van der Waals surface area contributed by atoms with Gasteiger partial charge in [-0.25, -0.2) is 4.79 Å². The lowest BCUT2D eigenvalue weighted by Crippen LogP contribution is -2.52. The molecule has 1 aromatic heterocycles. The number of hydrogen-bond acceptors (Lipinski definition) is 5. The van der Waals surface area contributed by atoms with Gasteiger partial charge in [0.2, 0.25) is 5.91 Å². The predicted molar refractivity (Wildman–Crippen MR) is 81.1 cm³/mol. The number of carbonyl (C=O) groups is 1. The Bertz CT molecular complexity index is 710. The first kappa shape index (κ1) is 15.9. The zero-order valence-electron chi connectivity index (χ0n) is 13.0. The molecular formula is C15H21N3O5. The molecule has 126 valence electrons. The van der Waals surface area contributed by atoms with Crippen LogP contribution in [0.1, 0.15) is 18.4 Å². The van der Waals surface area contributed by atoms with E-state index >= 15 is 0 Å². The van der Waals surface area contributed by atoms with E-state index in [9.17, 15) is 19.5 Å². The van der Waals surface area contributed by atoms with Crippen molar-refractivity contribution in [3.05, 3.63) is 32.6 Å². The minimum atomic E-state index is -0.585. The van der Waals surface area contributed by atoms with Crippen LogP contribution >= 0.6 is 0 Å². The molecule has 3 atom stereocenters. The molecule has 8 heteroatoms. The summed E-state index contributed by atoms with van der Waals surface area (Å²) in [5, 5.41) is 9.33. The van der Waals surface area contributed by atoms with E-state index in [2.05, 4.69) is 4.98 Å². The van der Waals surface area contributed by atoms with Gasteiger partial charge in [-0.05, 0) is 25.7 Å². The Balaban J connectivity index is 1.77. The summed E-state index contributed by atoms with van der Waals surface area (Å²) in [6.45, 7) is 2.52. The summed E-state index contributed by atoms with van der Waals surface area (Å²) in [6, 6.07) is -0.0482. The first-order valence-electron chi connectivity index (χ1n) is 7.82. The number of aliphatic hydroxyl groups excluding tert-OH is 1. The summed E-state index contributed by atoms with van der Waals surface area (Å²) < 4.78 is 6.93. The SMILES string of the molecule is Cc1cn(CC(=O)N2CCO[C@H]3C[C@H](CO)C[C@@H]32)c(=O)[nH]c1=O. The number of ether oxygens (including phenoxy) is 1. The van der Waals surface area contributed by atoms with Crippen molar-refractivity contribution in [2.24, 2.45) is 5.92 Å².